The Labute approximate surface area is 204 Å². The van der Waals surface area contributed by atoms with E-state index in [1.807, 2.05) is 24.3 Å². The van der Waals surface area contributed by atoms with Crippen LogP contribution in [0.15, 0.2) is 89.3 Å². The second-order valence-electron chi connectivity index (χ2n) is 9.00. The molecule has 1 heterocycles. The molecule has 0 spiro atoms. The first-order chi connectivity index (χ1) is 17.2. The molecule has 0 bridgehead atoms. The maximum atomic E-state index is 12.6. The Morgan fingerprint density at radius 3 is 2.06 bits per heavy atom. The number of amides is 1. The number of fused-ring (bicyclic) bond motifs is 6. The molecule has 5 aromatic rings. The number of aryl methyl sites for hydroxylation is 1. The predicted molar refractivity (Wildman–Crippen MR) is 139 cm³/mol. The molecule has 1 amide bonds. The van der Waals surface area contributed by atoms with Crippen molar-refractivity contribution in [2.45, 2.75) is 25.2 Å². The maximum Gasteiger partial charge on any atom is 0.243 e. The number of furan rings is 1. The van der Waals surface area contributed by atoms with Crippen molar-refractivity contribution in [3.63, 3.8) is 0 Å². The first-order valence-electron chi connectivity index (χ1n) is 12.0. The van der Waals surface area contributed by atoms with Crippen LogP contribution in [0.25, 0.3) is 33.1 Å². The maximum absolute atomic E-state index is 12.6. The average Bonchev–Trinajstić information content (AvgIpc) is 3.44. The van der Waals surface area contributed by atoms with Gasteiger partial charge in [0.1, 0.15) is 11.2 Å². The average molecular weight is 461 g/mol. The van der Waals surface area contributed by atoms with Gasteiger partial charge >= 0.3 is 0 Å². The van der Waals surface area contributed by atoms with Crippen molar-refractivity contribution in [1.82, 2.24) is 5.48 Å². The Balaban J connectivity index is 1.12. The van der Waals surface area contributed by atoms with Crippen LogP contribution in [0.4, 0.5) is 0 Å². The van der Waals surface area contributed by atoms with Crippen LogP contribution in [0, 0.1) is 6.92 Å². The van der Waals surface area contributed by atoms with Crippen LogP contribution < -0.4 is 5.48 Å². The fourth-order valence-electron chi connectivity index (χ4n) is 5.27. The van der Waals surface area contributed by atoms with E-state index in [1.54, 1.807) is 0 Å². The highest BCUT2D eigenvalue weighted by molar-refractivity contribution is 6.06. The highest BCUT2D eigenvalue weighted by atomic mass is 16.6. The van der Waals surface area contributed by atoms with Gasteiger partial charge in [-0.25, -0.2) is 5.48 Å². The number of hydrogen-bond donors (Lipinski definition) is 1. The minimum absolute atomic E-state index is 0.106. The van der Waals surface area contributed by atoms with Crippen molar-refractivity contribution in [3.05, 3.63) is 114 Å². The molecule has 1 aromatic heterocycles. The predicted octanol–water partition coefficient (Wildman–Crippen LogP) is 6.76. The molecule has 0 aliphatic heterocycles. The number of hydroxylamine groups is 1. The lowest BCUT2D eigenvalue weighted by molar-refractivity contribution is -0.133. The van der Waals surface area contributed by atoms with E-state index in [1.165, 1.54) is 22.3 Å². The van der Waals surface area contributed by atoms with Gasteiger partial charge in [-0.15, -0.1) is 0 Å². The number of para-hydroxylation sites is 2. The largest absolute Gasteiger partial charge is 0.455 e. The summed E-state index contributed by atoms with van der Waals surface area (Å²) in [6.45, 7) is 4.41. The highest BCUT2D eigenvalue weighted by Gasteiger charge is 2.28. The number of carbonyl (C=O) groups is 1. The monoisotopic (exact) mass is 460 g/mol. The Kier molecular flexibility index (Phi) is 5.59. The highest BCUT2D eigenvalue weighted by Crippen LogP contribution is 2.44. The van der Waals surface area contributed by atoms with E-state index in [0.717, 1.165) is 33.1 Å². The lowest BCUT2D eigenvalue weighted by Gasteiger charge is -2.14. The second-order valence-corrected chi connectivity index (χ2v) is 9.00. The third kappa shape index (κ3) is 3.80. The number of rotatable bonds is 7. The summed E-state index contributed by atoms with van der Waals surface area (Å²) in [5.74, 6) is -0.0367. The summed E-state index contributed by atoms with van der Waals surface area (Å²) in [7, 11) is 0. The van der Waals surface area contributed by atoms with E-state index in [4.69, 9.17) is 9.25 Å². The molecule has 4 aromatic carbocycles. The molecule has 0 atom stereocenters. The van der Waals surface area contributed by atoms with Crippen LogP contribution in [-0.2, 0) is 22.5 Å². The summed E-state index contributed by atoms with van der Waals surface area (Å²) in [5.41, 5.74) is 11.4. The van der Waals surface area contributed by atoms with Crippen LogP contribution in [0.3, 0.4) is 0 Å². The van der Waals surface area contributed by atoms with Crippen molar-refractivity contribution < 1.29 is 14.0 Å². The van der Waals surface area contributed by atoms with E-state index >= 15 is 0 Å². The second kappa shape index (κ2) is 9.05. The first-order valence-corrected chi connectivity index (χ1v) is 12.0. The number of hydrogen-bond acceptors (Lipinski definition) is 3. The molecule has 1 radical (unpaired) electrons. The summed E-state index contributed by atoms with van der Waals surface area (Å²) in [6.07, 6.45) is 1.56. The van der Waals surface area contributed by atoms with Crippen LogP contribution in [0.2, 0.25) is 0 Å². The number of carbonyl (C=O) groups excluding carboxylic acids is 1. The van der Waals surface area contributed by atoms with Crippen molar-refractivity contribution in [1.29, 1.82) is 0 Å². The van der Waals surface area contributed by atoms with Crippen molar-refractivity contribution >= 4 is 27.8 Å². The Hall–Kier alpha value is -3.89. The SMILES string of the molecule is [CH2]Cc1cccc2c1oc1c(CCC(=O)NOCC3c4ccccc4-c4ccccc43)cccc12. The molecule has 0 saturated heterocycles. The summed E-state index contributed by atoms with van der Waals surface area (Å²) in [5, 5.41) is 2.16. The van der Waals surface area contributed by atoms with Gasteiger partial charge in [-0.2, -0.15) is 0 Å². The van der Waals surface area contributed by atoms with E-state index < -0.39 is 0 Å². The van der Waals surface area contributed by atoms with Gasteiger partial charge in [0.25, 0.3) is 0 Å². The van der Waals surface area contributed by atoms with Crippen LogP contribution in [0.1, 0.15) is 34.6 Å². The lowest BCUT2D eigenvalue weighted by Crippen LogP contribution is -2.26. The molecule has 1 N–H and O–H groups in total. The van der Waals surface area contributed by atoms with Crippen LogP contribution in [-0.4, -0.2) is 12.5 Å². The van der Waals surface area contributed by atoms with Gasteiger partial charge in [-0.1, -0.05) is 84.9 Å². The molecule has 0 saturated carbocycles. The summed E-state index contributed by atoms with van der Waals surface area (Å²) >= 11 is 0. The van der Waals surface area contributed by atoms with Crippen molar-refractivity contribution in [3.8, 4) is 11.1 Å². The van der Waals surface area contributed by atoms with E-state index in [0.29, 0.717) is 25.9 Å². The van der Waals surface area contributed by atoms with E-state index in [9.17, 15) is 4.79 Å². The third-order valence-electron chi connectivity index (χ3n) is 6.98. The lowest BCUT2D eigenvalue weighted by atomic mass is 9.98. The topological polar surface area (TPSA) is 51.5 Å². The molecule has 4 nitrogen and oxygen atoms in total. The molecule has 0 fully saturated rings. The molecular formula is C31H26NO3. The van der Waals surface area contributed by atoms with Crippen molar-refractivity contribution in [2.24, 2.45) is 0 Å². The molecular weight excluding hydrogens is 434 g/mol. The molecule has 0 unspecified atom stereocenters. The quantitative estimate of drug-likeness (QED) is 0.273. The van der Waals surface area contributed by atoms with Gasteiger partial charge in [0, 0.05) is 23.1 Å². The smallest absolute Gasteiger partial charge is 0.243 e. The summed E-state index contributed by atoms with van der Waals surface area (Å²) < 4.78 is 6.25. The molecule has 4 heteroatoms. The Morgan fingerprint density at radius 2 is 1.40 bits per heavy atom. The Morgan fingerprint density at radius 1 is 0.800 bits per heavy atom. The van der Waals surface area contributed by atoms with E-state index in [2.05, 4.69) is 73.1 Å². The van der Waals surface area contributed by atoms with Crippen molar-refractivity contribution in [2.75, 3.05) is 6.61 Å². The van der Waals surface area contributed by atoms with E-state index in [-0.39, 0.29) is 11.8 Å². The first kappa shape index (κ1) is 21.6. The molecule has 173 valence electrons. The minimum Gasteiger partial charge on any atom is -0.455 e. The van der Waals surface area contributed by atoms with Gasteiger partial charge in [0.05, 0.1) is 6.61 Å². The zero-order chi connectivity index (χ0) is 23.8. The van der Waals surface area contributed by atoms with Crippen LogP contribution in [0.5, 0.6) is 0 Å². The molecule has 1 aliphatic rings. The fraction of sp³-hybridized carbons (Fsp3) is 0.161. The van der Waals surface area contributed by atoms with Gasteiger partial charge in [0.15, 0.2) is 0 Å². The zero-order valence-electron chi connectivity index (χ0n) is 19.4. The fourth-order valence-corrected chi connectivity index (χ4v) is 5.27. The zero-order valence-corrected chi connectivity index (χ0v) is 19.4. The van der Waals surface area contributed by atoms with Gasteiger partial charge in [-0.05, 0) is 53.1 Å². The standard InChI is InChI=1S/C31H26NO3/c1-2-20-9-7-15-26-27-16-8-10-21(31(27)35-30(20)26)17-18-29(33)32-34-19-28-24-13-5-3-11-22(24)23-12-4-6-14-25(23)28/h3-16,28H,1-2,17-19H2,(H,32,33). The summed E-state index contributed by atoms with van der Waals surface area (Å²) in [6, 6.07) is 29.1. The number of benzene rings is 4. The molecule has 1 aliphatic carbocycles. The third-order valence-corrected chi connectivity index (χ3v) is 6.98. The number of nitrogens with one attached hydrogen (secondary N) is 1. The minimum atomic E-state index is -0.142. The van der Waals surface area contributed by atoms with Gasteiger partial charge in [0.2, 0.25) is 5.91 Å². The normalized spacial score (nSPS) is 12.7. The molecule has 6 rings (SSSR count). The Bertz CT molecular complexity index is 1500. The van der Waals surface area contributed by atoms with Crippen LogP contribution >= 0.6 is 0 Å². The van der Waals surface area contributed by atoms with Gasteiger partial charge < -0.3 is 4.42 Å². The summed E-state index contributed by atoms with van der Waals surface area (Å²) in [4.78, 5) is 18.3. The molecule has 35 heavy (non-hydrogen) atoms. The van der Waals surface area contributed by atoms with Gasteiger partial charge in [-0.3, -0.25) is 9.63 Å².